The Morgan fingerprint density at radius 1 is 1.00 bits per heavy atom. The summed E-state index contributed by atoms with van der Waals surface area (Å²) in [6, 6.07) is -2.21. The summed E-state index contributed by atoms with van der Waals surface area (Å²) in [6.07, 6.45) is 5.38. The fraction of sp³-hybridized carbons (Fsp3) is 0.862. The molecule has 4 amide bonds. The number of hydrogen-bond acceptors (Lipinski definition) is 7. The van der Waals surface area contributed by atoms with Crippen LogP contribution >= 0.6 is 11.8 Å². The molecule has 0 aromatic rings. The third-order valence-corrected chi connectivity index (χ3v) is 8.39. The largest absolute Gasteiger partial charge is 0.450 e. The van der Waals surface area contributed by atoms with Crippen molar-refractivity contribution in [1.29, 1.82) is 0 Å². The molecule has 230 valence electrons. The third kappa shape index (κ3) is 11.0. The summed E-state index contributed by atoms with van der Waals surface area (Å²) in [5, 5.41) is 8.89. The SMILES string of the molecule is CCCOC(=O)N[C@@H](C(=O)N1C[C@H](NC(=O)OC(C)(C)C)C[C@H]1C(=O)NCC1CCCCC1)C(C)(C)SC(C)C. The number of nitrogens with zero attached hydrogens (tertiary/aromatic N) is 1. The van der Waals surface area contributed by atoms with Gasteiger partial charge in [0, 0.05) is 17.8 Å². The van der Waals surface area contributed by atoms with Crippen LogP contribution in [-0.4, -0.2) is 82.3 Å². The number of ether oxygens (including phenoxy) is 2. The number of likely N-dealkylation sites (tertiary alicyclic amines) is 1. The fourth-order valence-electron chi connectivity index (χ4n) is 5.39. The summed E-state index contributed by atoms with van der Waals surface area (Å²) < 4.78 is 9.98. The minimum atomic E-state index is -0.946. The first-order chi connectivity index (χ1) is 18.6. The highest BCUT2D eigenvalue weighted by Crippen LogP contribution is 2.34. The molecule has 1 saturated carbocycles. The summed E-state index contributed by atoms with van der Waals surface area (Å²) in [6.45, 7) is 16.0. The summed E-state index contributed by atoms with van der Waals surface area (Å²) in [7, 11) is 0. The molecule has 1 aliphatic carbocycles. The van der Waals surface area contributed by atoms with Gasteiger partial charge in [-0.15, -0.1) is 0 Å². The van der Waals surface area contributed by atoms with Crippen molar-refractivity contribution in [2.24, 2.45) is 5.92 Å². The highest BCUT2D eigenvalue weighted by Gasteiger charge is 2.47. The Balaban J connectivity index is 2.28. The predicted molar refractivity (Wildman–Crippen MR) is 158 cm³/mol. The van der Waals surface area contributed by atoms with Gasteiger partial charge < -0.3 is 30.3 Å². The smallest absolute Gasteiger partial charge is 0.407 e. The normalized spacial score (nSPS) is 21.1. The Hall–Kier alpha value is -2.17. The van der Waals surface area contributed by atoms with E-state index < -0.39 is 40.7 Å². The van der Waals surface area contributed by atoms with Gasteiger partial charge in [-0.3, -0.25) is 9.59 Å². The molecular formula is C29H52N4O6S. The molecule has 2 fully saturated rings. The van der Waals surface area contributed by atoms with E-state index in [4.69, 9.17) is 9.47 Å². The minimum absolute atomic E-state index is 0.129. The number of nitrogens with one attached hydrogen (secondary N) is 3. The Bertz CT molecular complexity index is 869. The van der Waals surface area contributed by atoms with Crippen molar-refractivity contribution in [3.8, 4) is 0 Å². The second-order valence-corrected chi connectivity index (χ2v) is 15.0. The Kier molecular flexibility index (Phi) is 12.9. The topological polar surface area (TPSA) is 126 Å². The van der Waals surface area contributed by atoms with Crippen LogP contribution in [0.3, 0.4) is 0 Å². The van der Waals surface area contributed by atoms with Gasteiger partial charge in [0.25, 0.3) is 0 Å². The average Bonchev–Trinajstić information content (AvgIpc) is 3.26. The maximum atomic E-state index is 14.2. The van der Waals surface area contributed by atoms with E-state index in [1.807, 2.05) is 34.6 Å². The molecule has 0 bridgehead atoms. The van der Waals surface area contributed by atoms with Crippen LogP contribution in [0, 0.1) is 5.92 Å². The van der Waals surface area contributed by atoms with E-state index in [2.05, 4.69) is 16.0 Å². The van der Waals surface area contributed by atoms with Gasteiger partial charge in [0.1, 0.15) is 17.7 Å². The third-order valence-electron chi connectivity index (χ3n) is 7.08. The quantitative estimate of drug-likeness (QED) is 0.324. The molecule has 11 heteroatoms. The zero-order valence-electron chi connectivity index (χ0n) is 25.8. The second-order valence-electron chi connectivity index (χ2n) is 12.8. The molecule has 0 radical (unpaired) electrons. The van der Waals surface area contributed by atoms with Crippen molar-refractivity contribution >= 4 is 35.8 Å². The lowest BCUT2D eigenvalue weighted by Gasteiger charge is -2.38. The molecule has 3 N–H and O–H groups in total. The number of amides is 4. The molecule has 0 aromatic carbocycles. The van der Waals surface area contributed by atoms with Crippen molar-refractivity contribution in [3.05, 3.63) is 0 Å². The van der Waals surface area contributed by atoms with Crippen molar-refractivity contribution in [2.45, 2.75) is 134 Å². The zero-order chi connectivity index (χ0) is 30.1. The van der Waals surface area contributed by atoms with Crippen LogP contribution in [0.1, 0.15) is 100 Å². The number of hydrogen-bond donors (Lipinski definition) is 3. The monoisotopic (exact) mass is 584 g/mol. The van der Waals surface area contributed by atoms with E-state index >= 15 is 0 Å². The van der Waals surface area contributed by atoms with E-state index in [0.29, 0.717) is 18.9 Å². The molecular weight excluding hydrogens is 532 g/mol. The van der Waals surface area contributed by atoms with Crippen molar-refractivity contribution in [3.63, 3.8) is 0 Å². The lowest BCUT2D eigenvalue weighted by molar-refractivity contribution is -0.140. The predicted octanol–water partition coefficient (Wildman–Crippen LogP) is 4.60. The lowest BCUT2D eigenvalue weighted by atomic mass is 9.89. The summed E-state index contributed by atoms with van der Waals surface area (Å²) in [5.74, 6) is -0.185. The Morgan fingerprint density at radius 3 is 2.23 bits per heavy atom. The summed E-state index contributed by atoms with van der Waals surface area (Å²) in [4.78, 5) is 54.4. The second kappa shape index (κ2) is 15.2. The number of alkyl carbamates (subject to hydrolysis) is 2. The lowest BCUT2D eigenvalue weighted by Crippen LogP contribution is -2.60. The average molecular weight is 585 g/mol. The maximum absolute atomic E-state index is 14.2. The molecule has 10 nitrogen and oxygen atoms in total. The van der Waals surface area contributed by atoms with Gasteiger partial charge in [-0.2, -0.15) is 11.8 Å². The first-order valence-corrected chi connectivity index (χ1v) is 15.7. The molecule has 1 aliphatic heterocycles. The van der Waals surface area contributed by atoms with E-state index in [1.54, 1.807) is 32.5 Å². The molecule has 1 heterocycles. The molecule has 2 aliphatic rings. The zero-order valence-corrected chi connectivity index (χ0v) is 26.6. The van der Waals surface area contributed by atoms with E-state index in [-0.39, 0.29) is 36.6 Å². The Labute approximate surface area is 244 Å². The van der Waals surface area contributed by atoms with Gasteiger partial charge in [0.05, 0.1) is 12.6 Å². The number of thioether (sulfide) groups is 1. The van der Waals surface area contributed by atoms with Gasteiger partial charge in [-0.1, -0.05) is 40.0 Å². The van der Waals surface area contributed by atoms with Gasteiger partial charge in [0.15, 0.2) is 0 Å². The highest BCUT2D eigenvalue weighted by molar-refractivity contribution is 8.01. The standard InChI is InChI=1S/C29H52N4O6S/c1-9-15-38-26(36)32-23(29(7,8)40-19(2)3)25(35)33-18-21(31-27(37)39-28(4,5)6)16-22(33)24(34)30-17-20-13-11-10-12-14-20/h19-23H,9-18H2,1-8H3,(H,30,34)(H,31,37)(H,32,36)/t21-,22+,23+/m1/s1. The molecule has 3 atom stereocenters. The fourth-order valence-corrected chi connectivity index (χ4v) is 6.90. The minimum Gasteiger partial charge on any atom is -0.450 e. The van der Waals surface area contributed by atoms with Crippen molar-refractivity contribution < 1.29 is 28.7 Å². The molecule has 0 aromatic heterocycles. The van der Waals surface area contributed by atoms with Gasteiger partial charge in [0.2, 0.25) is 11.8 Å². The highest BCUT2D eigenvalue weighted by atomic mass is 32.2. The van der Waals surface area contributed by atoms with Crippen LogP contribution in [0.15, 0.2) is 0 Å². The van der Waals surface area contributed by atoms with Gasteiger partial charge in [-0.25, -0.2) is 9.59 Å². The van der Waals surface area contributed by atoms with Crippen LogP contribution in [-0.2, 0) is 19.1 Å². The molecule has 2 rings (SSSR count). The molecule has 0 unspecified atom stereocenters. The van der Waals surface area contributed by atoms with Crippen molar-refractivity contribution in [2.75, 3.05) is 19.7 Å². The summed E-state index contributed by atoms with van der Waals surface area (Å²) in [5.41, 5.74) is -0.680. The van der Waals surface area contributed by atoms with Gasteiger partial charge in [-0.05, 0) is 71.5 Å². The molecule has 1 saturated heterocycles. The number of carbonyl (C=O) groups is 4. The van der Waals surface area contributed by atoms with Crippen LogP contribution in [0.25, 0.3) is 0 Å². The first kappa shape index (κ1) is 34.0. The van der Waals surface area contributed by atoms with Crippen LogP contribution in [0.2, 0.25) is 0 Å². The molecule has 0 spiro atoms. The van der Waals surface area contributed by atoms with E-state index in [1.165, 1.54) is 24.2 Å². The number of carbonyl (C=O) groups excluding carboxylic acids is 4. The van der Waals surface area contributed by atoms with Crippen LogP contribution in [0.5, 0.6) is 0 Å². The van der Waals surface area contributed by atoms with Gasteiger partial charge >= 0.3 is 12.2 Å². The van der Waals surface area contributed by atoms with Crippen molar-refractivity contribution in [1.82, 2.24) is 20.9 Å². The summed E-state index contributed by atoms with van der Waals surface area (Å²) >= 11 is 1.57. The molecule has 40 heavy (non-hydrogen) atoms. The van der Waals surface area contributed by atoms with Crippen LogP contribution < -0.4 is 16.0 Å². The van der Waals surface area contributed by atoms with Crippen LogP contribution in [0.4, 0.5) is 9.59 Å². The maximum Gasteiger partial charge on any atom is 0.407 e. The Morgan fingerprint density at radius 2 is 1.65 bits per heavy atom. The first-order valence-electron chi connectivity index (χ1n) is 14.8. The number of rotatable bonds is 11. The van der Waals surface area contributed by atoms with E-state index in [9.17, 15) is 19.2 Å². The van der Waals surface area contributed by atoms with E-state index in [0.717, 1.165) is 12.8 Å².